The van der Waals surface area contributed by atoms with Gasteiger partial charge < -0.3 is 15.8 Å². The van der Waals surface area contributed by atoms with Gasteiger partial charge in [-0.25, -0.2) is 4.98 Å². The van der Waals surface area contributed by atoms with Crippen LogP contribution in [0.2, 0.25) is 0 Å². The van der Waals surface area contributed by atoms with Crippen LogP contribution in [-0.4, -0.2) is 30.2 Å². The summed E-state index contributed by atoms with van der Waals surface area (Å²) in [5.41, 5.74) is 5.63. The van der Waals surface area contributed by atoms with Gasteiger partial charge in [0.1, 0.15) is 5.82 Å². The molecule has 1 aliphatic rings. The van der Waals surface area contributed by atoms with E-state index in [4.69, 9.17) is 10.5 Å². The van der Waals surface area contributed by atoms with Gasteiger partial charge in [0.2, 0.25) is 0 Å². The monoisotopic (exact) mass is 376 g/mol. The summed E-state index contributed by atoms with van der Waals surface area (Å²) >= 11 is 0. The number of hydrogen-bond donors (Lipinski definition) is 2. The third-order valence-electron chi connectivity index (χ3n) is 3.39. The van der Waals surface area contributed by atoms with E-state index in [2.05, 4.69) is 22.2 Å². The summed E-state index contributed by atoms with van der Waals surface area (Å²) in [6, 6.07) is 5.60. The number of nitrogens with two attached hydrogens (primary N) is 1. The van der Waals surface area contributed by atoms with Crippen LogP contribution in [-0.2, 0) is 4.74 Å². The number of ether oxygens (including phenoxy) is 1. The van der Waals surface area contributed by atoms with Crippen molar-refractivity contribution in [2.75, 3.05) is 19.0 Å². The van der Waals surface area contributed by atoms with Crippen LogP contribution in [0, 0.1) is 5.92 Å². The van der Waals surface area contributed by atoms with E-state index in [0.717, 1.165) is 0 Å². The fourth-order valence-corrected chi connectivity index (χ4v) is 1.90. The highest BCUT2D eigenvalue weighted by Gasteiger charge is 2.41. The van der Waals surface area contributed by atoms with Crippen molar-refractivity contribution in [1.82, 2.24) is 4.98 Å². The summed E-state index contributed by atoms with van der Waals surface area (Å²) in [5.74, 6) is 1.68. The van der Waals surface area contributed by atoms with Crippen LogP contribution in [0.15, 0.2) is 29.4 Å². The first kappa shape index (κ1) is 16.2. The summed E-state index contributed by atoms with van der Waals surface area (Å²) in [6.45, 7) is 2.65. The Morgan fingerprint density at radius 3 is 2.84 bits per heavy atom. The van der Waals surface area contributed by atoms with Crippen molar-refractivity contribution in [3.05, 3.63) is 24.4 Å². The molecule has 19 heavy (non-hydrogen) atoms. The predicted octanol–water partition coefficient (Wildman–Crippen LogP) is 2.24. The maximum Gasteiger partial charge on any atom is 0.194 e. The van der Waals surface area contributed by atoms with Gasteiger partial charge >= 0.3 is 0 Å². The van der Waals surface area contributed by atoms with Gasteiger partial charge in [-0.05, 0) is 37.8 Å². The van der Waals surface area contributed by atoms with Gasteiger partial charge in [-0.3, -0.25) is 4.99 Å². The molecule has 0 spiro atoms. The first-order valence-electron chi connectivity index (χ1n) is 6.17. The van der Waals surface area contributed by atoms with Crippen LogP contribution >= 0.6 is 24.0 Å². The molecule has 1 saturated carbocycles. The number of aromatic nitrogens is 1. The molecule has 106 valence electrons. The standard InChI is InChI=1S/C13H20N4O.HI/c1-13(18-2,10-6-7-10)9-16-12(14)17-11-5-3-4-8-15-11;/h3-5,8,10H,6-7,9H2,1-2H3,(H3,14,15,16,17);1H. The number of hydrogen-bond acceptors (Lipinski definition) is 3. The molecule has 1 aromatic heterocycles. The average Bonchev–Trinajstić information content (AvgIpc) is 3.22. The summed E-state index contributed by atoms with van der Waals surface area (Å²) in [4.78, 5) is 8.47. The lowest BCUT2D eigenvalue weighted by atomic mass is 10.0. The van der Waals surface area contributed by atoms with Gasteiger partial charge in [0.15, 0.2) is 5.96 Å². The Labute approximate surface area is 131 Å². The van der Waals surface area contributed by atoms with Crippen molar-refractivity contribution in [3.8, 4) is 0 Å². The Kier molecular flexibility index (Phi) is 5.99. The Morgan fingerprint density at radius 2 is 2.32 bits per heavy atom. The highest BCUT2D eigenvalue weighted by molar-refractivity contribution is 14.0. The molecule has 5 nitrogen and oxygen atoms in total. The Morgan fingerprint density at radius 1 is 1.58 bits per heavy atom. The molecule has 0 bridgehead atoms. The quantitative estimate of drug-likeness (QED) is 0.470. The molecule has 1 atom stereocenters. The Balaban J connectivity index is 0.00000180. The molecule has 0 radical (unpaired) electrons. The number of rotatable bonds is 5. The molecule has 0 aliphatic heterocycles. The van der Waals surface area contributed by atoms with Crippen LogP contribution in [0.3, 0.4) is 0 Å². The van der Waals surface area contributed by atoms with E-state index < -0.39 is 0 Å². The minimum absolute atomic E-state index is 0. The smallest absolute Gasteiger partial charge is 0.194 e. The summed E-state index contributed by atoms with van der Waals surface area (Å²) in [6.07, 6.45) is 4.14. The molecule has 0 saturated heterocycles. The average molecular weight is 376 g/mol. The van der Waals surface area contributed by atoms with Gasteiger partial charge in [-0.1, -0.05) is 6.07 Å². The van der Waals surface area contributed by atoms with Crippen LogP contribution in [0.4, 0.5) is 5.82 Å². The van der Waals surface area contributed by atoms with Gasteiger partial charge in [0.25, 0.3) is 0 Å². The van der Waals surface area contributed by atoms with E-state index in [1.165, 1.54) is 12.8 Å². The molecule has 6 heteroatoms. The fraction of sp³-hybridized carbons (Fsp3) is 0.538. The van der Waals surface area contributed by atoms with Crippen molar-refractivity contribution in [1.29, 1.82) is 0 Å². The first-order chi connectivity index (χ1) is 8.64. The third kappa shape index (κ3) is 4.61. The van der Waals surface area contributed by atoms with E-state index in [9.17, 15) is 0 Å². The van der Waals surface area contributed by atoms with Crippen molar-refractivity contribution < 1.29 is 4.74 Å². The molecular formula is C13H21IN4O. The van der Waals surface area contributed by atoms with E-state index in [1.54, 1.807) is 13.3 Å². The van der Waals surface area contributed by atoms with E-state index in [1.807, 2.05) is 18.2 Å². The highest BCUT2D eigenvalue weighted by Crippen LogP contribution is 2.41. The topological polar surface area (TPSA) is 72.5 Å². The summed E-state index contributed by atoms with van der Waals surface area (Å²) in [5, 5.41) is 2.96. The van der Waals surface area contributed by atoms with Crippen LogP contribution in [0.25, 0.3) is 0 Å². The largest absolute Gasteiger partial charge is 0.376 e. The zero-order chi connectivity index (χ0) is 13.0. The van der Waals surface area contributed by atoms with Crippen molar-refractivity contribution in [2.45, 2.75) is 25.4 Å². The second-order valence-electron chi connectivity index (χ2n) is 4.83. The number of guanidine groups is 1. The van der Waals surface area contributed by atoms with E-state index in [-0.39, 0.29) is 29.6 Å². The van der Waals surface area contributed by atoms with Gasteiger partial charge in [-0.15, -0.1) is 24.0 Å². The minimum atomic E-state index is -0.198. The van der Waals surface area contributed by atoms with E-state index >= 15 is 0 Å². The number of halogens is 1. The van der Waals surface area contributed by atoms with Gasteiger partial charge in [0, 0.05) is 13.3 Å². The second kappa shape index (κ2) is 7.04. The number of nitrogens with one attached hydrogen (secondary N) is 1. The zero-order valence-corrected chi connectivity index (χ0v) is 13.6. The molecule has 0 aromatic carbocycles. The first-order valence-corrected chi connectivity index (χ1v) is 6.17. The lowest BCUT2D eigenvalue weighted by Gasteiger charge is -2.26. The van der Waals surface area contributed by atoms with Crippen molar-refractivity contribution >= 4 is 35.8 Å². The van der Waals surface area contributed by atoms with Gasteiger partial charge in [-0.2, -0.15) is 0 Å². The Bertz CT molecular complexity index is 422. The molecule has 3 N–H and O–H groups in total. The maximum absolute atomic E-state index is 5.83. The number of anilines is 1. The van der Waals surface area contributed by atoms with Gasteiger partial charge in [0.05, 0.1) is 12.1 Å². The number of nitrogens with zero attached hydrogens (tertiary/aromatic N) is 2. The predicted molar refractivity (Wildman–Crippen MR) is 87.9 cm³/mol. The third-order valence-corrected chi connectivity index (χ3v) is 3.39. The molecule has 1 aromatic rings. The lowest BCUT2D eigenvalue weighted by molar-refractivity contribution is -0.00467. The number of methoxy groups -OCH3 is 1. The molecule has 1 fully saturated rings. The van der Waals surface area contributed by atoms with Crippen molar-refractivity contribution in [3.63, 3.8) is 0 Å². The molecule has 1 aliphatic carbocycles. The van der Waals surface area contributed by atoms with E-state index in [0.29, 0.717) is 24.2 Å². The SMILES string of the molecule is COC(C)(CN=C(N)Nc1ccccn1)C1CC1.I. The molecule has 2 rings (SSSR count). The maximum atomic E-state index is 5.83. The van der Waals surface area contributed by atoms with Crippen LogP contribution < -0.4 is 11.1 Å². The fourth-order valence-electron chi connectivity index (χ4n) is 1.90. The van der Waals surface area contributed by atoms with Crippen LogP contribution in [0.1, 0.15) is 19.8 Å². The number of pyridine rings is 1. The Hall–Kier alpha value is -0.890. The highest BCUT2D eigenvalue weighted by atomic mass is 127. The molecule has 1 unspecified atom stereocenters. The molecular weight excluding hydrogens is 355 g/mol. The molecule has 0 amide bonds. The number of aliphatic imine (C=N–C) groups is 1. The lowest BCUT2D eigenvalue weighted by Crippen LogP contribution is -2.35. The minimum Gasteiger partial charge on any atom is -0.376 e. The van der Waals surface area contributed by atoms with Crippen LogP contribution in [0.5, 0.6) is 0 Å². The normalized spacial score (nSPS) is 18.3. The molecule has 1 heterocycles. The second-order valence-corrected chi connectivity index (χ2v) is 4.83. The summed E-state index contributed by atoms with van der Waals surface area (Å²) in [7, 11) is 1.73. The zero-order valence-electron chi connectivity index (χ0n) is 11.3. The van der Waals surface area contributed by atoms with Crippen molar-refractivity contribution in [2.24, 2.45) is 16.6 Å². The summed E-state index contributed by atoms with van der Waals surface area (Å²) < 4.78 is 5.56.